The first-order chi connectivity index (χ1) is 29.1. The van der Waals surface area contributed by atoms with Crippen molar-refractivity contribution in [1.82, 2.24) is 30.6 Å². The second kappa shape index (κ2) is 18.5. The monoisotopic (exact) mass is 828 g/mol. The fourth-order valence-electron chi connectivity index (χ4n) is 6.17. The summed E-state index contributed by atoms with van der Waals surface area (Å²) in [4.78, 5) is 61.4. The molecule has 7 rings (SSSR count). The second-order valence-electron chi connectivity index (χ2n) is 14.2. The van der Waals surface area contributed by atoms with Crippen molar-refractivity contribution in [3.8, 4) is 33.8 Å². The van der Waals surface area contributed by atoms with Crippen molar-refractivity contribution in [1.29, 1.82) is 0 Å². The minimum atomic E-state index is -0.720. The van der Waals surface area contributed by atoms with Crippen LogP contribution in [0, 0.1) is 34.1 Å². The van der Waals surface area contributed by atoms with E-state index in [0.717, 1.165) is 33.5 Å². The third-order valence-electron chi connectivity index (χ3n) is 9.61. The van der Waals surface area contributed by atoms with E-state index in [1.165, 1.54) is 30.7 Å². The predicted octanol–water partition coefficient (Wildman–Crippen LogP) is 6.42. The van der Waals surface area contributed by atoms with Crippen LogP contribution in [0.25, 0.3) is 22.3 Å². The molecule has 0 radical (unpaired) electrons. The number of fused-ring (bicyclic) bond motifs is 1. The van der Waals surface area contributed by atoms with Gasteiger partial charge < -0.3 is 50.5 Å². The van der Waals surface area contributed by atoms with Crippen molar-refractivity contribution in [3.63, 3.8) is 0 Å². The number of ether oxygens (including phenoxy) is 2. The molecule has 6 aromatic rings. The van der Waals surface area contributed by atoms with Crippen LogP contribution in [-0.4, -0.2) is 57.6 Å². The van der Waals surface area contributed by atoms with Crippen molar-refractivity contribution < 1.29 is 39.1 Å². The van der Waals surface area contributed by atoms with E-state index in [1.54, 1.807) is 73.8 Å². The average molecular weight is 829 g/mol. The highest BCUT2D eigenvalue weighted by Gasteiger charge is 2.30. The van der Waals surface area contributed by atoms with E-state index in [4.69, 9.17) is 9.47 Å². The lowest BCUT2D eigenvalue weighted by atomic mass is 10.0. The van der Waals surface area contributed by atoms with Crippen LogP contribution in [0.4, 0.5) is 11.6 Å². The SMILES string of the molecule is Cc1ncc(CNC(=O)c2ccc(-c3ccc([N+](=O)[O-])nc3)cc2)c(CO)c1O.Cc1ncc(CNC(=O)c2ccc(-c3ccc([N+](=O)[O-])nc3)cc2)c2c1OC(C)(C)OC2. The maximum atomic E-state index is 12.6. The third-order valence-corrected chi connectivity index (χ3v) is 9.61. The zero-order chi connectivity index (χ0) is 43.8. The summed E-state index contributed by atoms with van der Waals surface area (Å²) < 4.78 is 11.7. The van der Waals surface area contributed by atoms with Gasteiger partial charge in [0.15, 0.2) is 0 Å². The van der Waals surface area contributed by atoms with Gasteiger partial charge in [0.2, 0.25) is 5.79 Å². The van der Waals surface area contributed by atoms with Crippen LogP contribution in [0.2, 0.25) is 0 Å². The zero-order valence-corrected chi connectivity index (χ0v) is 33.4. The highest BCUT2D eigenvalue weighted by Crippen LogP contribution is 2.35. The maximum Gasteiger partial charge on any atom is 0.363 e. The molecule has 4 N–H and O–H groups in total. The van der Waals surface area contributed by atoms with Gasteiger partial charge in [-0.25, -0.2) is 0 Å². The summed E-state index contributed by atoms with van der Waals surface area (Å²) in [5.41, 5.74) is 7.65. The smallest absolute Gasteiger partial charge is 0.363 e. The van der Waals surface area contributed by atoms with E-state index in [2.05, 4.69) is 30.6 Å². The molecule has 0 saturated carbocycles. The number of rotatable bonds is 11. The van der Waals surface area contributed by atoms with Gasteiger partial charge >= 0.3 is 11.6 Å². The molecule has 0 unspecified atom stereocenters. The minimum Gasteiger partial charge on any atom is -0.506 e. The van der Waals surface area contributed by atoms with Gasteiger partial charge in [-0.05, 0) is 92.3 Å². The first kappa shape index (κ1) is 42.9. The van der Waals surface area contributed by atoms with Gasteiger partial charge in [-0.1, -0.05) is 24.3 Å². The van der Waals surface area contributed by atoms with E-state index in [-0.39, 0.29) is 48.9 Å². The number of aliphatic hydroxyl groups is 1. The molecule has 0 spiro atoms. The predicted molar refractivity (Wildman–Crippen MR) is 220 cm³/mol. The summed E-state index contributed by atoms with van der Waals surface area (Å²) in [5.74, 6) is -1.11. The summed E-state index contributed by atoms with van der Waals surface area (Å²) in [6.45, 7) is 7.61. The number of aromatic nitrogens is 4. The minimum absolute atomic E-state index is 0.0830. The first-order valence-electron chi connectivity index (χ1n) is 18.7. The Kier molecular flexibility index (Phi) is 13.0. The summed E-state index contributed by atoms with van der Waals surface area (Å²) in [7, 11) is 0. The van der Waals surface area contributed by atoms with Crippen LogP contribution in [0.15, 0.2) is 97.6 Å². The number of hydrogen-bond donors (Lipinski definition) is 4. The van der Waals surface area contributed by atoms with Crippen molar-refractivity contribution in [3.05, 3.63) is 163 Å². The van der Waals surface area contributed by atoms with E-state index in [9.17, 15) is 40.0 Å². The number of aryl methyl sites for hydroxylation is 2. The van der Waals surface area contributed by atoms with Gasteiger partial charge in [0.25, 0.3) is 11.8 Å². The topological polar surface area (TPSA) is 255 Å². The van der Waals surface area contributed by atoms with Crippen molar-refractivity contribution in [2.45, 2.75) is 59.8 Å². The number of carbonyl (C=O) groups excluding carboxylic acids is 2. The molecule has 0 bridgehead atoms. The van der Waals surface area contributed by atoms with Crippen LogP contribution in [0.1, 0.15) is 68.2 Å². The Morgan fingerprint density at radius 1 is 0.689 bits per heavy atom. The van der Waals surface area contributed by atoms with Crippen molar-refractivity contribution in [2.24, 2.45) is 0 Å². The molecule has 18 heteroatoms. The Balaban J connectivity index is 0.000000205. The lowest BCUT2D eigenvalue weighted by molar-refractivity contribution is -0.389. The molecule has 312 valence electrons. The molecule has 5 heterocycles. The van der Waals surface area contributed by atoms with Gasteiger partial charge in [-0.2, -0.15) is 0 Å². The molecule has 0 atom stereocenters. The number of nitro groups is 2. The van der Waals surface area contributed by atoms with Crippen molar-refractivity contribution >= 4 is 23.5 Å². The summed E-state index contributed by atoms with van der Waals surface area (Å²) >= 11 is 0. The number of aliphatic hydroxyl groups excluding tert-OH is 1. The number of nitrogens with zero attached hydrogens (tertiary/aromatic N) is 6. The largest absolute Gasteiger partial charge is 0.506 e. The van der Waals surface area contributed by atoms with Crippen LogP contribution >= 0.6 is 0 Å². The molecule has 1 aliphatic rings. The standard InChI is InChI=1S/C23H22N4O5.C20H18N4O5/c1-14-21-19(13-31-23(2,3)32-21)18(11-24-14)12-26-22(28)16-6-4-15(5-7-16)17-8-9-20(25-10-17)27(29)30;1-12-19(26)17(11-25)16(9-21-12)10-23-20(27)14-4-2-13(3-5-14)15-6-7-18(22-8-15)24(28)29/h4-11H,12-13H2,1-3H3,(H,26,28);2-9,25-26H,10-11H2,1H3,(H,23,27). The van der Waals surface area contributed by atoms with Crippen LogP contribution < -0.4 is 15.4 Å². The number of amides is 2. The first-order valence-corrected chi connectivity index (χ1v) is 18.7. The third kappa shape index (κ3) is 10.3. The Hall–Kier alpha value is -7.70. The Morgan fingerprint density at radius 2 is 1.15 bits per heavy atom. The van der Waals surface area contributed by atoms with Gasteiger partial charge in [0.1, 0.15) is 23.9 Å². The van der Waals surface area contributed by atoms with Crippen LogP contribution in [-0.2, 0) is 31.0 Å². The number of benzene rings is 2. The lowest BCUT2D eigenvalue weighted by Crippen LogP contribution is -2.36. The fraction of sp³-hybridized carbons (Fsp3) is 0.209. The van der Waals surface area contributed by atoms with Gasteiger partial charge in [0, 0.05) is 84.8 Å². The number of carbonyl (C=O) groups is 2. The second-order valence-corrected chi connectivity index (χ2v) is 14.2. The Labute approximate surface area is 348 Å². The van der Waals surface area contributed by atoms with Gasteiger partial charge in [-0.3, -0.25) is 19.6 Å². The highest BCUT2D eigenvalue weighted by molar-refractivity contribution is 5.95. The quantitative estimate of drug-likeness (QED) is 0.0812. The molecule has 1 aliphatic heterocycles. The van der Waals surface area contributed by atoms with E-state index in [1.807, 2.05) is 20.8 Å². The average Bonchev–Trinajstić information content (AvgIpc) is 3.26. The van der Waals surface area contributed by atoms with E-state index >= 15 is 0 Å². The van der Waals surface area contributed by atoms with Crippen LogP contribution in [0.5, 0.6) is 11.5 Å². The Bertz CT molecular complexity index is 2580. The molecule has 18 nitrogen and oxygen atoms in total. The normalized spacial score (nSPS) is 12.5. The molecular weight excluding hydrogens is 789 g/mol. The zero-order valence-electron chi connectivity index (χ0n) is 33.4. The molecule has 0 aliphatic carbocycles. The number of pyridine rings is 4. The molecule has 2 amide bonds. The molecule has 61 heavy (non-hydrogen) atoms. The van der Waals surface area contributed by atoms with Crippen molar-refractivity contribution in [2.75, 3.05) is 0 Å². The van der Waals surface area contributed by atoms with Crippen LogP contribution in [0.3, 0.4) is 0 Å². The summed E-state index contributed by atoms with van der Waals surface area (Å²) in [5, 5.41) is 46.5. The maximum absolute atomic E-state index is 12.6. The molecule has 4 aromatic heterocycles. The van der Waals surface area contributed by atoms with Gasteiger partial charge in [-0.15, -0.1) is 0 Å². The molecule has 2 aromatic carbocycles. The van der Waals surface area contributed by atoms with E-state index < -0.39 is 15.6 Å². The van der Waals surface area contributed by atoms with Gasteiger partial charge in [0.05, 0.1) is 24.6 Å². The Morgan fingerprint density at radius 3 is 1.61 bits per heavy atom. The van der Waals surface area contributed by atoms with E-state index in [0.29, 0.717) is 45.9 Å². The molecule has 0 fully saturated rings. The summed E-state index contributed by atoms with van der Waals surface area (Å²) in [6.07, 6.45) is 6.07. The molecule has 0 saturated heterocycles. The number of aromatic hydroxyl groups is 1. The lowest BCUT2D eigenvalue weighted by Gasteiger charge is -2.34. The molecular formula is C43H40N8O10. The fourth-order valence-corrected chi connectivity index (χ4v) is 6.17. The number of nitrogens with one attached hydrogen (secondary N) is 2. The number of hydrogen-bond acceptors (Lipinski definition) is 14. The summed E-state index contributed by atoms with van der Waals surface area (Å²) in [6, 6.07) is 19.5. The highest BCUT2D eigenvalue weighted by atomic mass is 16.7.